The van der Waals surface area contributed by atoms with Crippen molar-refractivity contribution in [1.29, 1.82) is 0 Å². The predicted octanol–water partition coefficient (Wildman–Crippen LogP) is 1.86. The van der Waals surface area contributed by atoms with E-state index in [0.717, 1.165) is 16.7 Å². The Labute approximate surface area is 113 Å². The molecule has 1 aromatic heterocycles. The van der Waals surface area contributed by atoms with E-state index in [-0.39, 0.29) is 17.9 Å². The number of ether oxygens (including phenoxy) is 1. The number of benzene rings is 1. The number of aromatic nitrogens is 1. The molecule has 0 spiro atoms. The molecule has 6 heteroatoms. The zero-order valence-electron chi connectivity index (χ0n) is 10.7. The summed E-state index contributed by atoms with van der Waals surface area (Å²) in [6.45, 7) is 1.79. The van der Waals surface area contributed by atoms with Crippen LogP contribution in [0.5, 0.6) is 5.75 Å². The molecule has 2 aromatic rings. The Bertz CT molecular complexity index is 709. The largest absolute Gasteiger partial charge is 0.505 e. The van der Waals surface area contributed by atoms with Gasteiger partial charge < -0.3 is 9.84 Å². The summed E-state index contributed by atoms with van der Waals surface area (Å²) in [4.78, 5) is 23.8. The summed E-state index contributed by atoms with van der Waals surface area (Å²) in [5.74, 6) is -2.09. The first kappa shape index (κ1) is 13.8. The summed E-state index contributed by atoms with van der Waals surface area (Å²) >= 11 is 0. The van der Waals surface area contributed by atoms with Crippen molar-refractivity contribution in [1.82, 2.24) is 4.57 Å². The molecule has 2 rings (SSSR count). The summed E-state index contributed by atoms with van der Waals surface area (Å²) in [7, 11) is 0. The lowest BCUT2D eigenvalue weighted by Gasteiger charge is -2.08. The van der Waals surface area contributed by atoms with Crippen molar-refractivity contribution in [3.63, 3.8) is 0 Å². The summed E-state index contributed by atoms with van der Waals surface area (Å²) in [5, 5.41) is 9.14. The second-order valence-corrected chi connectivity index (χ2v) is 3.95. The molecule has 1 aromatic carbocycles. The zero-order chi connectivity index (χ0) is 14.7. The third kappa shape index (κ3) is 2.54. The van der Waals surface area contributed by atoms with Gasteiger partial charge in [-0.1, -0.05) is 0 Å². The molecule has 0 aliphatic heterocycles. The van der Waals surface area contributed by atoms with Gasteiger partial charge in [-0.25, -0.2) is 9.18 Å². The van der Waals surface area contributed by atoms with E-state index in [1.54, 1.807) is 6.92 Å². The van der Waals surface area contributed by atoms with Crippen molar-refractivity contribution >= 4 is 5.97 Å². The number of carbonyl (C=O) groups is 1. The zero-order valence-corrected chi connectivity index (χ0v) is 10.7. The van der Waals surface area contributed by atoms with Gasteiger partial charge in [0.1, 0.15) is 5.56 Å². The molecule has 1 heterocycles. The van der Waals surface area contributed by atoms with Crippen LogP contribution in [0.4, 0.5) is 4.39 Å². The molecule has 0 amide bonds. The first-order valence-electron chi connectivity index (χ1n) is 5.92. The number of hydrogen-bond donors (Lipinski definition) is 1. The minimum atomic E-state index is -0.851. The number of nitrogens with zero attached hydrogens (tertiary/aromatic N) is 1. The van der Waals surface area contributed by atoms with Crippen LogP contribution in [0.3, 0.4) is 0 Å². The van der Waals surface area contributed by atoms with Crippen LogP contribution in [0, 0.1) is 5.82 Å². The van der Waals surface area contributed by atoms with Crippen LogP contribution in [0.25, 0.3) is 5.69 Å². The van der Waals surface area contributed by atoms with Gasteiger partial charge in [0.25, 0.3) is 5.56 Å². The number of halogens is 1. The van der Waals surface area contributed by atoms with Gasteiger partial charge in [0.05, 0.1) is 12.3 Å². The highest BCUT2D eigenvalue weighted by molar-refractivity contribution is 5.89. The van der Waals surface area contributed by atoms with Crippen molar-refractivity contribution in [3.05, 3.63) is 58.3 Å². The number of hydrogen-bond acceptors (Lipinski definition) is 4. The fourth-order valence-electron chi connectivity index (χ4n) is 1.71. The van der Waals surface area contributed by atoms with Crippen LogP contribution in [0.2, 0.25) is 0 Å². The Hall–Kier alpha value is -2.63. The lowest BCUT2D eigenvalue weighted by atomic mass is 10.2. The lowest BCUT2D eigenvalue weighted by Crippen LogP contribution is -2.25. The van der Waals surface area contributed by atoms with Gasteiger partial charge in [-0.3, -0.25) is 9.36 Å². The molecule has 5 nitrogen and oxygen atoms in total. The van der Waals surface area contributed by atoms with Crippen molar-refractivity contribution in [2.45, 2.75) is 6.92 Å². The van der Waals surface area contributed by atoms with Gasteiger partial charge in [-0.15, -0.1) is 0 Å². The van der Waals surface area contributed by atoms with E-state index in [2.05, 4.69) is 0 Å². The van der Waals surface area contributed by atoms with Gasteiger partial charge in [0.2, 0.25) is 0 Å². The van der Waals surface area contributed by atoms with E-state index < -0.39 is 23.1 Å². The predicted molar refractivity (Wildman–Crippen MR) is 69.6 cm³/mol. The standard InChI is InChI=1S/C14H12FNO4/c1-2-20-14(19)10-4-3-7-16(13(10)18)9-5-6-12(17)11(15)8-9/h3-8,17H,2H2,1H3. The molecular formula is C14H12FNO4. The molecule has 104 valence electrons. The molecular weight excluding hydrogens is 265 g/mol. The first-order chi connectivity index (χ1) is 9.54. The van der Waals surface area contributed by atoms with Crippen LogP contribution in [0.15, 0.2) is 41.3 Å². The Balaban J connectivity index is 2.53. The quantitative estimate of drug-likeness (QED) is 0.869. The number of aromatic hydroxyl groups is 1. The number of phenols is 1. The number of carbonyl (C=O) groups excluding carboxylic acids is 1. The molecule has 20 heavy (non-hydrogen) atoms. The lowest BCUT2D eigenvalue weighted by molar-refractivity contribution is 0.0524. The molecule has 1 N–H and O–H groups in total. The summed E-state index contributed by atoms with van der Waals surface area (Å²) in [6.07, 6.45) is 1.40. The Morgan fingerprint density at radius 1 is 1.40 bits per heavy atom. The Morgan fingerprint density at radius 3 is 2.80 bits per heavy atom. The van der Waals surface area contributed by atoms with E-state index in [4.69, 9.17) is 9.84 Å². The molecule has 0 atom stereocenters. The van der Waals surface area contributed by atoms with Gasteiger partial charge in [-0.05, 0) is 31.2 Å². The van der Waals surface area contributed by atoms with E-state index in [1.807, 2.05) is 0 Å². The first-order valence-corrected chi connectivity index (χ1v) is 5.92. The maximum Gasteiger partial charge on any atom is 0.343 e. The average molecular weight is 277 g/mol. The number of rotatable bonds is 3. The van der Waals surface area contributed by atoms with Crippen LogP contribution in [0.1, 0.15) is 17.3 Å². The molecule has 0 unspecified atom stereocenters. The fraction of sp³-hybridized carbons (Fsp3) is 0.143. The monoisotopic (exact) mass is 277 g/mol. The molecule has 0 bridgehead atoms. The number of pyridine rings is 1. The third-order valence-corrected chi connectivity index (χ3v) is 2.65. The fourth-order valence-corrected chi connectivity index (χ4v) is 1.71. The smallest absolute Gasteiger partial charge is 0.343 e. The molecule has 0 aliphatic carbocycles. The highest BCUT2D eigenvalue weighted by Gasteiger charge is 2.14. The normalized spacial score (nSPS) is 10.3. The Kier molecular flexibility index (Phi) is 3.84. The summed E-state index contributed by atoms with van der Waals surface area (Å²) in [5.41, 5.74) is -0.546. The second kappa shape index (κ2) is 5.56. The van der Waals surface area contributed by atoms with E-state index >= 15 is 0 Å². The minimum absolute atomic E-state index is 0.136. The average Bonchev–Trinajstić information content (AvgIpc) is 2.42. The van der Waals surface area contributed by atoms with E-state index in [0.29, 0.717) is 0 Å². The molecule has 0 saturated heterocycles. The van der Waals surface area contributed by atoms with Gasteiger partial charge in [0.15, 0.2) is 11.6 Å². The van der Waals surface area contributed by atoms with E-state index in [9.17, 15) is 14.0 Å². The van der Waals surface area contributed by atoms with Crippen molar-refractivity contribution in [3.8, 4) is 11.4 Å². The van der Waals surface area contributed by atoms with Gasteiger partial charge in [-0.2, -0.15) is 0 Å². The second-order valence-electron chi connectivity index (χ2n) is 3.95. The number of esters is 1. The molecule has 0 aliphatic rings. The van der Waals surface area contributed by atoms with E-state index in [1.165, 1.54) is 24.4 Å². The van der Waals surface area contributed by atoms with Crippen LogP contribution >= 0.6 is 0 Å². The SMILES string of the molecule is CCOC(=O)c1cccn(-c2ccc(O)c(F)c2)c1=O. The molecule has 0 fully saturated rings. The molecule has 0 saturated carbocycles. The van der Waals surface area contributed by atoms with Crippen molar-refractivity contribution < 1.29 is 19.0 Å². The maximum atomic E-state index is 13.3. The maximum absolute atomic E-state index is 13.3. The Morgan fingerprint density at radius 2 is 2.15 bits per heavy atom. The molecule has 0 radical (unpaired) electrons. The summed E-state index contributed by atoms with van der Waals surface area (Å²) in [6, 6.07) is 6.33. The van der Waals surface area contributed by atoms with Gasteiger partial charge in [0, 0.05) is 12.3 Å². The van der Waals surface area contributed by atoms with Crippen molar-refractivity contribution in [2.75, 3.05) is 6.61 Å². The topological polar surface area (TPSA) is 68.5 Å². The highest BCUT2D eigenvalue weighted by Crippen LogP contribution is 2.18. The third-order valence-electron chi connectivity index (χ3n) is 2.65. The highest BCUT2D eigenvalue weighted by atomic mass is 19.1. The number of phenolic OH excluding ortho intramolecular Hbond substituents is 1. The van der Waals surface area contributed by atoms with Gasteiger partial charge >= 0.3 is 5.97 Å². The summed E-state index contributed by atoms with van der Waals surface area (Å²) < 4.78 is 19.2. The van der Waals surface area contributed by atoms with Crippen LogP contribution in [-0.2, 0) is 4.74 Å². The van der Waals surface area contributed by atoms with Crippen LogP contribution in [-0.4, -0.2) is 22.2 Å². The van der Waals surface area contributed by atoms with Crippen molar-refractivity contribution in [2.24, 2.45) is 0 Å². The van der Waals surface area contributed by atoms with Crippen LogP contribution < -0.4 is 5.56 Å². The minimum Gasteiger partial charge on any atom is -0.505 e.